The van der Waals surface area contributed by atoms with E-state index < -0.39 is 10.0 Å². The minimum atomic E-state index is -3.71. The van der Waals surface area contributed by atoms with Gasteiger partial charge in [-0.05, 0) is 24.0 Å². The molecule has 1 N–H and O–H groups in total. The van der Waals surface area contributed by atoms with Crippen LogP contribution in [0.2, 0.25) is 0 Å². The van der Waals surface area contributed by atoms with Gasteiger partial charge in [-0.15, -0.1) is 0 Å². The molecule has 0 radical (unpaired) electrons. The van der Waals surface area contributed by atoms with Crippen LogP contribution in [0.3, 0.4) is 0 Å². The van der Waals surface area contributed by atoms with Gasteiger partial charge >= 0.3 is 0 Å². The van der Waals surface area contributed by atoms with Crippen LogP contribution in [0.1, 0.15) is 27.7 Å². The second kappa shape index (κ2) is 9.12. The molecule has 0 atom stereocenters. The molecule has 1 aromatic rings. The Morgan fingerprint density at radius 3 is 2.12 bits per heavy atom. The summed E-state index contributed by atoms with van der Waals surface area (Å²) in [7, 11) is -0.781. The first-order chi connectivity index (χ1) is 12.0. The summed E-state index contributed by atoms with van der Waals surface area (Å²) in [6, 6.07) is 4.76. The van der Waals surface area contributed by atoms with Crippen molar-refractivity contribution in [1.82, 2.24) is 5.32 Å². The molecule has 26 heavy (non-hydrogen) atoms. The Morgan fingerprint density at radius 2 is 1.69 bits per heavy atom. The number of hydrogen-bond acceptors (Lipinski definition) is 5. The fraction of sp³-hybridized carbons (Fsp3) is 0.611. The Labute approximate surface area is 156 Å². The Balaban J connectivity index is 3.19. The summed E-state index contributed by atoms with van der Waals surface area (Å²) < 4.78 is 36.1. The van der Waals surface area contributed by atoms with Crippen LogP contribution < -0.4 is 19.1 Å². The van der Waals surface area contributed by atoms with Crippen LogP contribution in [0.15, 0.2) is 18.2 Å². The number of carbonyl (C=O) groups excluding carboxylic acids is 1. The highest BCUT2D eigenvalue weighted by atomic mass is 32.2. The van der Waals surface area contributed by atoms with Crippen LogP contribution in [0.25, 0.3) is 0 Å². The number of rotatable bonds is 9. The summed E-state index contributed by atoms with van der Waals surface area (Å²) >= 11 is 0. The first kappa shape index (κ1) is 22.1. The summed E-state index contributed by atoms with van der Waals surface area (Å²) in [6.45, 7) is 7.74. The van der Waals surface area contributed by atoms with Gasteiger partial charge in [-0.3, -0.25) is 9.10 Å². The molecule has 7 nitrogen and oxygen atoms in total. The second-order valence-corrected chi connectivity index (χ2v) is 8.80. The lowest BCUT2D eigenvalue weighted by Crippen LogP contribution is -2.47. The van der Waals surface area contributed by atoms with E-state index in [1.807, 2.05) is 27.7 Å². The van der Waals surface area contributed by atoms with Gasteiger partial charge in [-0.1, -0.05) is 27.7 Å². The topological polar surface area (TPSA) is 84.9 Å². The molecule has 0 saturated heterocycles. The maximum absolute atomic E-state index is 12.6. The minimum absolute atomic E-state index is 0.0453. The molecular weight excluding hydrogens is 356 g/mol. The molecular formula is C18H30N2O5S. The highest BCUT2D eigenvalue weighted by molar-refractivity contribution is 7.92. The van der Waals surface area contributed by atoms with Gasteiger partial charge in [0.05, 0.1) is 26.2 Å². The first-order valence-electron chi connectivity index (χ1n) is 8.50. The molecule has 0 aromatic heterocycles. The molecule has 148 valence electrons. The van der Waals surface area contributed by atoms with Crippen molar-refractivity contribution in [2.24, 2.45) is 11.8 Å². The van der Waals surface area contributed by atoms with Crippen LogP contribution in [0.4, 0.5) is 5.69 Å². The smallest absolute Gasteiger partial charge is 0.241 e. The molecule has 0 fully saturated rings. The van der Waals surface area contributed by atoms with Gasteiger partial charge in [0, 0.05) is 12.1 Å². The van der Waals surface area contributed by atoms with E-state index in [9.17, 15) is 13.2 Å². The zero-order valence-corrected chi connectivity index (χ0v) is 17.4. The molecule has 0 heterocycles. The molecule has 0 spiro atoms. The van der Waals surface area contributed by atoms with Crippen molar-refractivity contribution < 1.29 is 22.7 Å². The molecule has 0 aliphatic carbocycles. The molecule has 0 aliphatic rings. The Morgan fingerprint density at radius 1 is 1.12 bits per heavy atom. The van der Waals surface area contributed by atoms with Crippen molar-refractivity contribution in [3.05, 3.63) is 18.2 Å². The largest absolute Gasteiger partial charge is 0.497 e. The van der Waals surface area contributed by atoms with E-state index in [-0.39, 0.29) is 36.0 Å². The molecule has 1 rings (SSSR count). The third-order valence-electron chi connectivity index (χ3n) is 4.11. The number of ether oxygens (including phenoxy) is 2. The number of nitrogens with zero attached hydrogens (tertiary/aromatic N) is 1. The van der Waals surface area contributed by atoms with Gasteiger partial charge < -0.3 is 14.8 Å². The SMILES string of the molecule is COc1ccc(OC)c(N(CC(=O)NC(C(C)C)C(C)C)S(C)(=O)=O)c1. The predicted octanol–water partition coefficient (Wildman–Crippen LogP) is 2.27. The van der Waals surface area contributed by atoms with Gasteiger partial charge in [0.15, 0.2) is 0 Å². The fourth-order valence-electron chi connectivity index (χ4n) is 2.84. The van der Waals surface area contributed by atoms with Crippen molar-refractivity contribution in [1.29, 1.82) is 0 Å². The Hall–Kier alpha value is -1.96. The number of amides is 1. The number of benzene rings is 1. The van der Waals surface area contributed by atoms with Crippen LogP contribution >= 0.6 is 0 Å². The predicted molar refractivity (Wildman–Crippen MR) is 103 cm³/mol. The maximum Gasteiger partial charge on any atom is 0.241 e. The minimum Gasteiger partial charge on any atom is -0.497 e. The molecule has 1 amide bonds. The van der Waals surface area contributed by atoms with E-state index >= 15 is 0 Å². The Kier molecular flexibility index (Phi) is 7.74. The van der Waals surface area contributed by atoms with Gasteiger partial charge in [-0.2, -0.15) is 0 Å². The van der Waals surface area contributed by atoms with Crippen molar-refractivity contribution in [3.8, 4) is 11.5 Å². The first-order valence-corrected chi connectivity index (χ1v) is 10.3. The van der Waals surface area contributed by atoms with Crippen LogP contribution in [-0.4, -0.2) is 47.4 Å². The van der Waals surface area contributed by atoms with Crippen molar-refractivity contribution in [2.75, 3.05) is 31.3 Å². The lowest BCUT2D eigenvalue weighted by Gasteiger charge is -2.29. The average molecular weight is 387 g/mol. The van der Waals surface area contributed by atoms with Gasteiger partial charge in [0.1, 0.15) is 18.0 Å². The standard InChI is InChI=1S/C18H30N2O5S/c1-12(2)18(13(3)4)19-17(21)11-20(26(7,22)23)15-10-14(24-5)8-9-16(15)25-6/h8-10,12-13,18H,11H2,1-7H3,(H,19,21). The number of hydrogen-bond donors (Lipinski definition) is 1. The van der Waals surface area contributed by atoms with Crippen molar-refractivity contribution in [3.63, 3.8) is 0 Å². The third-order valence-corrected chi connectivity index (χ3v) is 5.23. The Bertz CT molecular complexity index is 708. The molecule has 0 unspecified atom stereocenters. The molecule has 1 aromatic carbocycles. The van der Waals surface area contributed by atoms with Gasteiger partial charge in [-0.25, -0.2) is 8.42 Å². The molecule has 0 saturated carbocycles. The molecule has 0 aliphatic heterocycles. The van der Waals surface area contributed by atoms with E-state index in [1.54, 1.807) is 12.1 Å². The van der Waals surface area contributed by atoms with E-state index in [0.29, 0.717) is 11.5 Å². The maximum atomic E-state index is 12.6. The van der Waals surface area contributed by atoms with Crippen molar-refractivity contribution >= 4 is 21.6 Å². The third kappa shape index (κ3) is 5.79. The van der Waals surface area contributed by atoms with E-state index in [1.165, 1.54) is 20.3 Å². The molecule has 8 heteroatoms. The summed E-state index contributed by atoms with van der Waals surface area (Å²) in [5, 5.41) is 2.94. The quantitative estimate of drug-likeness (QED) is 0.704. The van der Waals surface area contributed by atoms with Crippen LogP contribution in [0.5, 0.6) is 11.5 Å². The summed E-state index contributed by atoms with van der Waals surface area (Å²) in [4.78, 5) is 12.6. The summed E-state index contributed by atoms with van der Waals surface area (Å²) in [5.74, 6) is 0.909. The van der Waals surface area contributed by atoms with Gasteiger partial charge in [0.2, 0.25) is 15.9 Å². The lowest BCUT2D eigenvalue weighted by atomic mass is 9.93. The summed E-state index contributed by atoms with van der Waals surface area (Å²) in [6.07, 6.45) is 1.06. The summed E-state index contributed by atoms with van der Waals surface area (Å²) in [5.41, 5.74) is 0.259. The monoisotopic (exact) mass is 386 g/mol. The van der Waals surface area contributed by atoms with E-state index in [2.05, 4.69) is 5.32 Å². The number of anilines is 1. The fourth-order valence-corrected chi connectivity index (χ4v) is 3.69. The van der Waals surface area contributed by atoms with Gasteiger partial charge in [0.25, 0.3) is 0 Å². The van der Waals surface area contributed by atoms with E-state index in [0.717, 1.165) is 10.6 Å². The zero-order valence-electron chi connectivity index (χ0n) is 16.6. The number of carbonyl (C=O) groups is 1. The number of methoxy groups -OCH3 is 2. The normalized spacial score (nSPS) is 11.8. The van der Waals surface area contributed by atoms with E-state index in [4.69, 9.17) is 9.47 Å². The van der Waals surface area contributed by atoms with Crippen LogP contribution in [0, 0.1) is 11.8 Å². The highest BCUT2D eigenvalue weighted by Crippen LogP contribution is 2.33. The average Bonchev–Trinajstić information content (AvgIpc) is 2.55. The van der Waals surface area contributed by atoms with Crippen LogP contribution in [-0.2, 0) is 14.8 Å². The highest BCUT2D eigenvalue weighted by Gasteiger charge is 2.27. The zero-order chi connectivity index (χ0) is 20.1. The second-order valence-electron chi connectivity index (χ2n) is 6.89. The number of nitrogens with one attached hydrogen (secondary N) is 1. The van der Waals surface area contributed by atoms with Crippen molar-refractivity contribution in [2.45, 2.75) is 33.7 Å². The molecule has 0 bridgehead atoms. The number of sulfonamides is 1. The lowest BCUT2D eigenvalue weighted by molar-refractivity contribution is -0.121.